The number of rotatable bonds is 5. The van der Waals surface area contributed by atoms with E-state index in [1.165, 1.54) is 16.9 Å². The molecule has 3 rings (SSSR count). The highest BCUT2D eigenvalue weighted by molar-refractivity contribution is 7.18. The zero-order valence-corrected chi connectivity index (χ0v) is 16.1. The van der Waals surface area contributed by atoms with Gasteiger partial charge in [0.05, 0.1) is 0 Å². The highest BCUT2D eigenvalue weighted by atomic mass is 32.1. The second kappa shape index (κ2) is 7.66. The number of carbonyl (C=O) groups is 1. The van der Waals surface area contributed by atoms with Gasteiger partial charge in [-0.25, -0.2) is 0 Å². The smallest absolute Gasteiger partial charge is 0.266 e. The lowest BCUT2D eigenvalue weighted by Gasteiger charge is -2.16. The average molecular weight is 367 g/mol. The van der Waals surface area contributed by atoms with Crippen LogP contribution in [0.25, 0.3) is 10.6 Å². The maximum absolute atomic E-state index is 12.4. The number of nitrogens with one attached hydrogen (secondary N) is 1. The van der Waals surface area contributed by atoms with E-state index in [1.54, 1.807) is 6.92 Å². The second-order valence-electron chi connectivity index (χ2n) is 6.23. The van der Waals surface area contributed by atoms with Crippen molar-refractivity contribution in [1.82, 2.24) is 10.2 Å². The molecule has 0 spiro atoms. The third-order valence-corrected chi connectivity index (χ3v) is 5.07. The Balaban J connectivity index is 1.66. The highest BCUT2D eigenvalue weighted by Crippen LogP contribution is 2.27. The molecule has 1 N–H and O–H groups in total. The number of nitrogens with zero attached hydrogens (tertiary/aromatic N) is 2. The van der Waals surface area contributed by atoms with Crippen molar-refractivity contribution < 1.29 is 9.53 Å². The van der Waals surface area contributed by atoms with E-state index >= 15 is 0 Å². The molecule has 26 heavy (non-hydrogen) atoms. The van der Waals surface area contributed by atoms with Gasteiger partial charge in [0.2, 0.25) is 5.13 Å². The Bertz CT molecular complexity index is 919. The molecule has 0 fully saturated rings. The summed E-state index contributed by atoms with van der Waals surface area (Å²) in [6.07, 6.45) is -0.637. The van der Waals surface area contributed by atoms with Crippen LogP contribution in [0.5, 0.6) is 5.75 Å². The van der Waals surface area contributed by atoms with Crippen LogP contribution in [0, 0.1) is 20.8 Å². The normalized spacial score (nSPS) is 11.8. The molecule has 0 aliphatic carbocycles. The van der Waals surface area contributed by atoms with E-state index in [0.717, 1.165) is 21.7 Å². The van der Waals surface area contributed by atoms with E-state index in [2.05, 4.69) is 15.5 Å². The molecule has 0 radical (unpaired) electrons. The van der Waals surface area contributed by atoms with Crippen molar-refractivity contribution in [3.05, 3.63) is 59.2 Å². The SMILES string of the molecule is Cc1ccc(-c2nnc(NC(=O)[C@H](C)Oc3cccc(C)c3C)s2)cc1. The van der Waals surface area contributed by atoms with Crippen LogP contribution in [0.1, 0.15) is 23.6 Å². The van der Waals surface area contributed by atoms with Gasteiger partial charge in [0.1, 0.15) is 10.8 Å². The van der Waals surface area contributed by atoms with Crippen LogP contribution in [0.2, 0.25) is 0 Å². The molecule has 0 saturated heterocycles. The molecule has 0 unspecified atom stereocenters. The lowest BCUT2D eigenvalue weighted by Crippen LogP contribution is -2.30. The van der Waals surface area contributed by atoms with Crippen molar-refractivity contribution >= 4 is 22.4 Å². The Morgan fingerprint density at radius 1 is 1.08 bits per heavy atom. The van der Waals surface area contributed by atoms with Gasteiger partial charge in [0.25, 0.3) is 5.91 Å². The molecule has 0 aliphatic rings. The standard InChI is InChI=1S/C20H21N3O2S/c1-12-8-10-16(11-9-12)19-22-23-20(26-19)21-18(24)15(4)25-17-7-5-6-13(2)14(17)3/h5-11,15H,1-4H3,(H,21,23,24)/t15-/m0/s1. The molecule has 5 nitrogen and oxygen atoms in total. The van der Waals surface area contributed by atoms with Crippen molar-refractivity contribution in [2.75, 3.05) is 5.32 Å². The molecule has 1 atom stereocenters. The number of hydrogen-bond acceptors (Lipinski definition) is 5. The van der Waals surface area contributed by atoms with Gasteiger partial charge in [-0.2, -0.15) is 0 Å². The van der Waals surface area contributed by atoms with Crippen LogP contribution in [-0.2, 0) is 4.79 Å². The molecule has 0 aliphatic heterocycles. The summed E-state index contributed by atoms with van der Waals surface area (Å²) in [6, 6.07) is 13.8. The molecule has 1 aromatic heterocycles. The van der Waals surface area contributed by atoms with Crippen LogP contribution < -0.4 is 10.1 Å². The van der Waals surface area contributed by atoms with Crippen LogP contribution in [0.4, 0.5) is 5.13 Å². The summed E-state index contributed by atoms with van der Waals surface area (Å²) in [5, 5.41) is 12.2. The largest absolute Gasteiger partial charge is 0.481 e. The number of anilines is 1. The third-order valence-electron chi connectivity index (χ3n) is 4.18. The Hall–Kier alpha value is -2.73. The molecular weight excluding hydrogens is 346 g/mol. The van der Waals surface area contributed by atoms with E-state index in [9.17, 15) is 4.79 Å². The molecule has 6 heteroatoms. The van der Waals surface area contributed by atoms with Crippen LogP contribution in [-0.4, -0.2) is 22.2 Å². The number of carbonyl (C=O) groups excluding carboxylic acids is 1. The number of amides is 1. The molecule has 0 saturated carbocycles. The van der Waals surface area contributed by atoms with Crippen LogP contribution >= 0.6 is 11.3 Å². The fourth-order valence-corrected chi connectivity index (χ4v) is 3.14. The van der Waals surface area contributed by atoms with Gasteiger partial charge in [-0.05, 0) is 44.9 Å². The number of ether oxygens (including phenoxy) is 1. The first-order valence-electron chi connectivity index (χ1n) is 8.38. The lowest BCUT2D eigenvalue weighted by atomic mass is 10.1. The first kappa shape index (κ1) is 18.1. The minimum atomic E-state index is -0.637. The number of aromatic nitrogens is 2. The molecule has 1 heterocycles. The molecule has 0 bridgehead atoms. The second-order valence-corrected chi connectivity index (χ2v) is 7.20. The van der Waals surface area contributed by atoms with E-state index in [-0.39, 0.29) is 5.91 Å². The summed E-state index contributed by atoms with van der Waals surface area (Å²) in [7, 11) is 0. The maximum atomic E-state index is 12.4. The van der Waals surface area contributed by atoms with Gasteiger partial charge in [-0.1, -0.05) is 53.3 Å². The Morgan fingerprint density at radius 3 is 2.54 bits per heavy atom. The predicted molar refractivity (Wildman–Crippen MR) is 105 cm³/mol. The summed E-state index contributed by atoms with van der Waals surface area (Å²) in [6.45, 7) is 7.75. The fraction of sp³-hybridized carbons (Fsp3) is 0.250. The zero-order valence-electron chi connectivity index (χ0n) is 15.2. The zero-order chi connectivity index (χ0) is 18.7. The molecule has 3 aromatic rings. The fourth-order valence-electron chi connectivity index (χ4n) is 2.39. The topological polar surface area (TPSA) is 64.1 Å². The van der Waals surface area contributed by atoms with Gasteiger partial charge in [-0.15, -0.1) is 10.2 Å². The lowest BCUT2D eigenvalue weighted by molar-refractivity contribution is -0.122. The van der Waals surface area contributed by atoms with Gasteiger partial charge < -0.3 is 4.74 Å². The summed E-state index contributed by atoms with van der Waals surface area (Å²) >= 11 is 1.34. The van der Waals surface area contributed by atoms with E-state index in [1.807, 2.05) is 63.2 Å². The Labute approximate surface area is 157 Å². The molecule has 1 amide bonds. The minimum absolute atomic E-state index is 0.252. The number of benzene rings is 2. The first-order chi connectivity index (χ1) is 12.4. The molecule has 2 aromatic carbocycles. The van der Waals surface area contributed by atoms with Gasteiger partial charge in [0, 0.05) is 5.56 Å². The van der Waals surface area contributed by atoms with E-state index in [0.29, 0.717) is 10.9 Å². The van der Waals surface area contributed by atoms with Gasteiger partial charge in [-0.3, -0.25) is 10.1 Å². The van der Waals surface area contributed by atoms with Crippen LogP contribution in [0.15, 0.2) is 42.5 Å². The third kappa shape index (κ3) is 4.08. The Kier molecular flexibility index (Phi) is 5.32. The first-order valence-corrected chi connectivity index (χ1v) is 9.20. The van der Waals surface area contributed by atoms with Gasteiger partial charge >= 0.3 is 0 Å². The molecular formula is C20H21N3O2S. The highest BCUT2D eigenvalue weighted by Gasteiger charge is 2.18. The summed E-state index contributed by atoms with van der Waals surface area (Å²) in [5.74, 6) is 0.461. The number of hydrogen-bond donors (Lipinski definition) is 1. The van der Waals surface area contributed by atoms with Crippen molar-refractivity contribution in [2.24, 2.45) is 0 Å². The van der Waals surface area contributed by atoms with Crippen molar-refractivity contribution in [2.45, 2.75) is 33.8 Å². The Morgan fingerprint density at radius 2 is 1.81 bits per heavy atom. The van der Waals surface area contributed by atoms with Crippen molar-refractivity contribution in [3.63, 3.8) is 0 Å². The summed E-state index contributed by atoms with van der Waals surface area (Å²) in [4.78, 5) is 12.4. The predicted octanol–water partition coefficient (Wildman–Crippen LogP) is 4.54. The maximum Gasteiger partial charge on any atom is 0.266 e. The quantitative estimate of drug-likeness (QED) is 0.719. The molecule has 134 valence electrons. The summed E-state index contributed by atoms with van der Waals surface area (Å²) < 4.78 is 5.81. The minimum Gasteiger partial charge on any atom is -0.481 e. The monoisotopic (exact) mass is 367 g/mol. The van der Waals surface area contributed by atoms with E-state index in [4.69, 9.17) is 4.74 Å². The van der Waals surface area contributed by atoms with Gasteiger partial charge in [0.15, 0.2) is 6.10 Å². The van der Waals surface area contributed by atoms with E-state index < -0.39 is 6.10 Å². The van der Waals surface area contributed by atoms with Crippen molar-refractivity contribution in [1.29, 1.82) is 0 Å². The summed E-state index contributed by atoms with van der Waals surface area (Å²) in [5.41, 5.74) is 4.32. The average Bonchev–Trinajstić information content (AvgIpc) is 3.08. The van der Waals surface area contributed by atoms with Crippen LogP contribution in [0.3, 0.4) is 0 Å². The number of aryl methyl sites for hydroxylation is 2. The van der Waals surface area contributed by atoms with Crippen molar-refractivity contribution in [3.8, 4) is 16.3 Å².